The minimum Gasteiger partial charge on any atom is -0.346 e. The predicted molar refractivity (Wildman–Crippen MR) is 476 cm³/mol. The van der Waals surface area contributed by atoms with Crippen LogP contribution in [0.1, 0.15) is 147 Å². The zero-order chi connectivity index (χ0) is 83.5. The number of aromatic nitrogens is 16. The van der Waals surface area contributed by atoms with Crippen molar-refractivity contribution in [3.8, 4) is 45.0 Å². The molecule has 4 unspecified atom stereocenters. The molecule has 25 heteroatoms. The molecule has 4 N–H and O–H groups in total. The average Bonchev–Trinajstić information content (AvgIpc) is 1.67. The monoisotopic (exact) mass is 1640 g/mol. The van der Waals surface area contributed by atoms with Gasteiger partial charge in [0.25, 0.3) is 0 Å². The van der Waals surface area contributed by atoms with Gasteiger partial charge in [-0.15, -0.1) is 0 Å². The fraction of sp³-hybridized carbons (Fsp3) is 0.423. The van der Waals surface area contributed by atoms with Crippen molar-refractivity contribution in [1.29, 1.82) is 0 Å². The molecule has 0 spiro atoms. The van der Waals surface area contributed by atoms with Crippen LogP contribution in [0.2, 0.25) is 0 Å². The summed E-state index contributed by atoms with van der Waals surface area (Å²) >= 11 is 0. The van der Waals surface area contributed by atoms with Crippen molar-refractivity contribution in [3.63, 3.8) is 0 Å². The highest BCUT2D eigenvalue weighted by Crippen LogP contribution is 2.33. The van der Waals surface area contributed by atoms with E-state index in [-0.39, 0.29) is 24.1 Å². The van der Waals surface area contributed by atoms with Crippen LogP contribution in [0.3, 0.4) is 0 Å². The Morgan fingerprint density at radius 3 is 1.12 bits per heavy atom. The normalized spacial score (nSPS) is 18.2. The zero-order valence-corrected chi connectivity index (χ0v) is 70.5. The summed E-state index contributed by atoms with van der Waals surface area (Å²) in [5.74, 6) is 3.83. The Hall–Kier alpha value is -12.2. The molecular formula is C97H115FN20O4. The summed E-state index contributed by atoms with van der Waals surface area (Å²) in [7, 11) is 0. The van der Waals surface area contributed by atoms with E-state index in [1.165, 1.54) is 60.8 Å². The summed E-state index contributed by atoms with van der Waals surface area (Å²) in [4.78, 5) is 78.3. The molecule has 4 aliphatic heterocycles. The van der Waals surface area contributed by atoms with Gasteiger partial charge < -0.3 is 37.9 Å². The first-order valence-corrected chi connectivity index (χ1v) is 44.5. The second-order valence-electron chi connectivity index (χ2n) is 34.6. The number of carbonyl (C=O) groups is 4. The number of H-pyrrole nitrogens is 4. The van der Waals surface area contributed by atoms with Gasteiger partial charge in [0, 0.05) is 169 Å². The van der Waals surface area contributed by atoms with Gasteiger partial charge in [-0.05, 0) is 222 Å². The van der Waals surface area contributed by atoms with E-state index in [2.05, 4.69) is 191 Å². The first-order valence-electron chi connectivity index (χ1n) is 44.5. The lowest BCUT2D eigenvalue weighted by Gasteiger charge is -2.28. The maximum Gasteiger partial charge on any atom is 0.226 e. The smallest absolute Gasteiger partial charge is 0.226 e. The van der Waals surface area contributed by atoms with Gasteiger partial charge in [-0.1, -0.05) is 75.6 Å². The topological polar surface area (TPSA) is 267 Å². The van der Waals surface area contributed by atoms with Crippen molar-refractivity contribution in [3.05, 3.63) is 219 Å². The van der Waals surface area contributed by atoms with Crippen LogP contribution in [0.5, 0.6) is 0 Å². The minimum atomic E-state index is -0.295. The number of hydrogen-bond donors (Lipinski definition) is 4. The Morgan fingerprint density at radius 1 is 0.377 bits per heavy atom. The number of nitrogens with one attached hydrogen (secondary N) is 4. The van der Waals surface area contributed by atoms with E-state index in [1.54, 1.807) is 30.9 Å². The van der Waals surface area contributed by atoms with Crippen molar-refractivity contribution in [2.75, 3.05) is 52.4 Å². The summed E-state index contributed by atoms with van der Waals surface area (Å²) in [5, 5.41) is 27.4. The number of carbonyl (C=O) groups excluding carboxylic acids is 4. The van der Waals surface area contributed by atoms with Crippen molar-refractivity contribution in [2.24, 2.45) is 35.5 Å². The SMILES string of the molecule is CC(C)CC(=O)N1CCCC(Cn2ccc3nc(-c4cn[nH]c4)ccc32)CC1.O=C(C1CCCCC1)N1CCCC(Cn2ccc3nc(-c4cn[nH]c4)ccc32)CC1.O=C(CCc1ccccc1)N1CCCC(Cn2ccc3nc(-c4cn[nH]c4)ccc32)CC1.O=C(Cc1cccc(F)c1)N1CCCC(Cn2ccc3nc(-c4cn[nH]c4)ccc32)CC1. The van der Waals surface area contributed by atoms with E-state index in [0.717, 1.165) is 246 Å². The van der Waals surface area contributed by atoms with E-state index >= 15 is 0 Å². The summed E-state index contributed by atoms with van der Waals surface area (Å²) in [5.41, 5.74) is 18.4. The number of hydrogen-bond acceptors (Lipinski definition) is 12. The van der Waals surface area contributed by atoms with Gasteiger partial charge in [0.05, 0.1) is 98.1 Å². The van der Waals surface area contributed by atoms with Crippen LogP contribution >= 0.6 is 0 Å². The standard InChI is InChI=1S/C26H29N5O.C25H26FN5O.C24H31N5O.C22H29N5O/c32-26(11-8-20-5-2-1-3-6-20)30-14-4-7-21(12-15-30)19-31-16-13-24-25(31)10-9-23(29-24)22-17-27-28-18-22;26-21-5-1-3-19(13-21)14-25(32)30-10-2-4-18(8-11-30)17-31-12-9-23-24(31)7-6-22(29-23)20-15-27-28-16-20;30-24(19-6-2-1-3-7-19)28-12-4-5-18(10-13-28)17-29-14-11-22-23(29)9-8-21(27-22)20-15-25-26-16-20;1-16(2)12-22(28)26-9-3-4-17(7-10-26)15-27-11-8-20-21(27)6-5-19(25-20)18-13-23-24-14-18/h1-3,5-6,9-10,13,16-18,21H,4,7-8,11-12,14-15,19H2,(H,27,28);1,3,5-7,9,12-13,15-16,18H,2,4,8,10-11,14,17H2,(H,27,28);8-9,11,14-16,18-19H,1-7,10,12-13,17H2,(H,25,26);5-6,8,11,13-14,16-17H,3-4,7,9-10,12,15H2,1-2H3,(H,23,24). The van der Waals surface area contributed by atoms with Crippen LogP contribution in [0.25, 0.3) is 89.2 Å². The molecule has 1 saturated carbocycles. The maximum atomic E-state index is 13.4. The number of aryl methyl sites for hydroxylation is 1. The molecule has 0 bridgehead atoms. The summed E-state index contributed by atoms with van der Waals surface area (Å²) in [6.07, 6.45) is 44.5. The fourth-order valence-corrected chi connectivity index (χ4v) is 18.7. The third kappa shape index (κ3) is 21.6. The number of fused-ring (bicyclic) bond motifs is 4. The van der Waals surface area contributed by atoms with Gasteiger partial charge in [0.15, 0.2) is 0 Å². The first kappa shape index (κ1) is 83.5. The molecule has 4 saturated heterocycles. The molecule has 122 heavy (non-hydrogen) atoms. The van der Waals surface area contributed by atoms with Crippen LogP contribution in [0.4, 0.5) is 4.39 Å². The number of nitrogens with zero attached hydrogens (tertiary/aromatic N) is 16. The minimum absolute atomic E-state index is 0.0821. The number of pyridine rings is 4. The van der Waals surface area contributed by atoms with Gasteiger partial charge in [0.2, 0.25) is 23.6 Å². The second-order valence-corrected chi connectivity index (χ2v) is 34.6. The maximum absolute atomic E-state index is 13.4. The highest BCUT2D eigenvalue weighted by molar-refractivity contribution is 5.84. The summed E-state index contributed by atoms with van der Waals surface area (Å²) in [6, 6.07) is 41.8. The van der Waals surface area contributed by atoms with Gasteiger partial charge in [-0.2, -0.15) is 20.4 Å². The molecule has 14 aromatic rings. The third-order valence-corrected chi connectivity index (χ3v) is 25.5. The first-order chi connectivity index (χ1) is 59.8. The molecule has 24 nitrogen and oxygen atoms in total. The van der Waals surface area contributed by atoms with E-state index in [1.807, 2.05) is 60.0 Å². The van der Waals surface area contributed by atoms with Gasteiger partial charge in [0.1, 0.15) is 5.82 Å². The van der Waals surface area contributed by atoms with E-state index in [4.69, 9.17) is 19.9 Å². The molecule has 0 radical (unpaired) electrons. The lowest BCUT2D eigenvalue weighted by atomic mass is 9.88. The van der Waals surface area contributed by atoms with Crippen molar-refractivity contribution < 1.29 is 23.6 Å². The quantitative estimate of drug-likeness (QED) is 0.0555. The predicted octanol–water partition coefficient (Wildman–Crippen LogP) is 17.9. The molecule has 12 aromatic heterocycles. The molecular weight excluding hydrogens is 1530 g/mol. The molecule has 2 aromatic carbocycles. The Labute approximate surface area is 712 Å². The summed E-state index contributed by atoms with van der Waals surface area (Å²) < 4.78 is 22.7. The Morgan fingerprint density at radius 2 is 0.746 bits per heavy atom. The Kier molecular flexibility index (Phi) is 27.7. The van der Waals surface area contributed by atoms with Crippen LogP contribution in [0, 0.1) is 41.3 Å². The number of benzene rings is 2. The molecule has 4 amide bonds. The number of rotatable bonds is 20. The van der Waals surface area contributed by atoms with Gasteiger partial charge in [-0.25, -0.2) is 24.3 Å². The molecule has 4 atom stereocenters. The largest absolute Gasteiger partial charge is 0.346 e. The van der Waals surface area contributed by atoms with Crippen molar-refractivity contribution >= 4 is 67.8 Å². The number of amides is 4. The second kappa shape index (κ2) is 40.5. The number of likely N-dealkylation sites (tertiary alicyclic amines) is 4. The van der Waals surface area contributed by atoms with E-state index < -0.39 is 0 Å². The van der Waals surface area contributed by atoms with Crippen LogP contribution in [-0.2, 0) is 58.2 Å². The van der Waals surface area contributed by atoms with Crippen molar-refractivity contribution in [1.82, 2.24) is 98.6 Å². The molecule has 5 aliphatic rings. The summed E-state index contributed by atoms with van der Waals surface area (Å²) in [6.45, 7) is 15.0. The van der Waals surface area contributed by atoms with Crippen molar-refractivity contribution in [2.45, 2.75) is 175 Å². The third-order valence-electron chi connectivity index (χ3n) is 25.5. The average molecular weight is 1640 g/mol. The fourth-order valence-electron chi connectivity index (χ4n) is 18.7. The lowest BCUT2D eigenvalue weighted by Crippen LogP contribution is -2.37. The number of aromatic amines is 4. The van der Waals surface area contributed by atoms with Gasteiger partial charge in [-0.3, -0.25) is 39.6 Å². The highest BCUT2D eigenvalue weighted by Gasteiger charge is 2.30. The van der Waals surface area contributed by atoms with Crippen LogP contribution in [0.15, 0.2) is 202 Å². The molecule has 5 fully saturated rings. The van der Waals surface area contributed by atoms with E-state index in [9.17, 15) is 23.6 Å². The zero-order valence-electron chi connectivity index (χ0n) is 70.5. The molecule has 19 rings (SSSR count). The Balaban J connectivity index is 0.000000121. The number of halogens is 1. The van der Waals surface area contributed by atoms with Crippen LogP contribution in [-0.4, -0.2) is 175 Å². The van der Waals surface area contributed by atoms with Gasteiger partial charge >= 0.3 is 0 Å². The molecule has 634 valence electrons. The lowest BCUT2D eigenvalue weighted by molar-refractivity contribution is -0.136. The van der Waals surface area contributed by atoms with E-state index in [0.29, 0.717) is 60.2 Å². The van der Waals surface area contributed by atoms with Crippen LogP contribution < -0.4 is 0 Å². The Bertz CT molecular complexity index is 5690. The molecule has 1 aliphatic carbocycles. The molecule has 16 heterocycles. The highest BCUT2D eigenvalue weighted by atomic mass is 19.1.